The van der Waals surface area contributed by atoms with Gasteiger partial charge in [0.15, 0.2) is 5.69 Å². The normalized spacial score (nSPS) is 25.5. The number of hydrogen-bond acceptors (Lipinski definition) is 4. The van der Waals surface area contributed by atoms with Gasteiger partial charge in [0.05, 0.1) is 11.2 Å². The fourth-order valence-corrected chi connectivity index (χ4v) is 3.34. The average Bonchev–Trinajstić information content (AvgIpc) is 2.50. The van der Waals surface area contributed by atoms with Gasteiger partial charge in [-0.25, -0.2) is 0 Å². The molecule has 0 radical (unpaired) electrons. The molecule has 2 aromatic rings. The fourth-order valence-electron chi connectivity index (χ4n) is 3.34. The Kier molecular flexibility index (Phi) is 3.74. The summed E-state index contributed by atoms with van der Waals surface area (Å²) in [5.74, 6) is 1.40. The van der Waals surface area contributed by atoms with Crippen molar-refractivity contribution >= 4 is 16.6 Å². The Labute approximate surface area is 125 Å². The van der Waals surface area contributed by atoms with Gasteiger partial charge in [0.2, 0.25) is 0 Å². The molecule has 3 atom stereocenters. The molecule has 1 aromatic heterocycles. The molecule has 1 heterocycles. The molecule has 3 rings (SSSR count). The molecule has 0 aliphatic heterocycles. The molecule has 0 spiro atoms. The van der Waals surface area contributed by atoms with Crippen LogP contribution in [0.1, 0.15) is 38.8 Å². The van der Waals surface area contributed by atoms with Gasteiger partial charge in [0.1, 0.15) is 6.07 Å². The number of fused-ring (bicyclic) bond motifs is 1. The van der Waals surface area contributed by atoms with Crippen LogP contribution in [0.2, 0.25) is 0 Å². The smallest absolute Gasteiger partial charge is 0.186 e. The van der Waals surface area contributed by atoms with Crippen LogP contribution < -0.4 is 5.32 Å². The highest BCUT2D eigenvalue weighted by molar-refractivity contribution is 5.92. The van der Waals surface area contributed by atoms with Gasteiger partial charge in [-0.3, -0.25) is 0 Å². The summed E-state index contributed by atoms with van der Waals surface area (Å²) in [5.41, 5.74) is 2.06. The maximum Gasteiger partial charge on any atom is 0.186 e. The maximum atomic E-state index is 9.32. The largest absolute Gasteiger partial charge is 0.379 e. The van der Waals surface area contributed by atoms with Crippen molar-refractivity contribution in [2.75, 3.05) is 5.32 Å². The Bertz CT molecular complexity index is 689. The molecule has 0 amide bonds. The Hall–Kier alpha value is -2.15. The molecule has 1 aromatic carbocycles. The van der Waals surface area contributed by atoms with E-state index in [1.54, 1.807) is 0 Å². The van der Waals surface area contributed by atoms with E-state index in [2.05, 4.69) is 35.4 Å². The quantitative estimate of drug-likeness (QED) is 0.910. The third-order valence-electron chi connectivity index (χ3n) is 4.54. The van der Waals surface area contributed by atoms with Crippen molar-refractivity contribution in [1.29, 1.82) is 5.26 Å². The van der Waals surface area contributed by atoms with E-state index in [-0.39, 0.29) is 0 Å². The summed E-state index contributed by atoms with van der Waals surface area (Å²) < 4.78 is 0. The van der Waals surface area contributed by atoms with Crippen molar-refractivity contribution in [3.05, 3.63) is 30.0 Å². The van der Waals surface area contributed by atoms with Crippen LogP contribution in [-0.2, 0) is 0 Å². The second-order valence-corrected chi connectivity index (χ2v) is 6.20. The van der Waals surface area contributed by atoms with E-state index in [0.29, 0.717) is 17.7 Å². The summed E-state index contributed by atoms with van der Waals surface area (Å²) in [6.45, 7) is 4.60. The summed E-state index contributed by atoms with van der Waals surface area (Å²) in [6.07, 6.45) is 3.61. The van der Waals surface area contributed by atoms with Gasteiger partial charge in [0, 0.05) is 11.4 Å². The summed E-state index contributed by atoms with van der Waals surface area (Å²) in [6, 6.07) is 10.4. The molecule has 1 saturated carbocycles. The standard InChI is InChI=1S/C17H20N4/c1-11-7-8-14(12(2)9-11)19-17-13-5-3-4-6-15(13)20-21-16(17)10-18/h3-6,11-12,14H,7-9H2,1-2H3,(H,19,20). The highest BCUT2D eigenvalue weighted by atomic mass is 15.1. The molecule has 4 heteroatoms. The average molecular weight is 280 g/mol. The predicted molar refractivity (Wildman–Crippen MR) is 83.8 cm³/mol. The Balaban J connectivity index is 1.98. The number of nitrogens with zero attached hydrogens (tertiary/aromatic N) is 3. The second-order valence-electron chi connectivity index (χ2n) is 6.20. The highest BCUT2D eigenvalue weighted by Crippen LogP contribution is 2.33. The van der Waals surface area contributed by atoms with E-state index in [1.807, 2.05) is 24.3 Å². The molecule has 0 bridgehead atoms. The van der Waals surface area contributed by atoms with E-state index < -0.39 is 0 Å². The van der Waals surface area contributed by atoms with Crippen LogP contribution in [0.15, 0.2) is 24.3 Å². The van der Waals surface area contributed by atoms with Crippen molar-refractivity contribution in [1.82, 2.24) is 10.2 Å². The van der Waals surface area contributed by atoms with E-state index in [1.165, 1.54) is 12.8 Å². The Morgan fingerprint density at radius 1 is 1.19 bits per heavy atom. The van der Waals surface area contributed by atoms with Crippen LogP contribution in [0.25, 0.3) is 10.9 Å². The van der Waals surface area contributed by atoms with E-state index in [9.17, 15) is 5.26 Å². The molecule has 0 saturated heterocycles. The number of benzene rings is 1. The minimum atomic E-state index is 0.388. The number of rotatable bonds is 2. The first-order valence-electron chi connectivity index (χ1n) is 7.61. The van der Waals surface area contributed by atoms with Crippen LogP contribution >= 0.6 is 0 Å². The number of hydrogen-bond donors (Lipinski definition) is 1. The maximum absolute atomic E-state index is 9.32. The summed E-state index contributed by atoms with van der Waals surface area (Å²) in [5, 5.41) is 22.1. The van der Waals surface area contributed by atoms with Crippen molar-refractivity contribution in [2.24, 2.45) is 11.8 Å². The molecule has 1 aliphatic carbocycles. The van der Waals surface area contributed by atoms with Gasteiger partial charge < -0.3 is 5.32 Å². The minimum Gasteiger partial charge on any atom is -0.379 e. The summed E-state index contributed by atoms with van der Waals surface area (Å²) in [4.78, 5) is 0. The monoisotopic (exact) mass is 280 g/mol. The lowest BCUT2D eigenvalue weighted by Crippen LogP contribution is -2.33. The van der Waals surface area contributed by atoms with Crippen LogP contribution in [0.3, 0.4) is 0 Å². The van der Waals surface area contributed by atoms with Crippen LogP contribution in [0.5, 0.6) is 0 Å². The van der Waals surface area contributed by atoms with Gasteiger partial charge >= 0.3 is 0 Å². The summed E-state index contributed by atoms with van der Waals surface area (Å²) >= 11 is 0. The number of nitriles is 1. The third kappa shape index (κ3) is 2.69. The molecule has 1 N–H and O–H groups in total. The predicted octanol–water partition coefficient (Wildman–Crippen LogP) is 3.74. The first-order chi connectivity index (χ1) is 10.2. The van der Waals surface area contributed by atoms with E-state index >= 15 is 0 Å². The van der Waals surface area contributed by atoms with Gasteiger partial charge in [-0.1, -0.05) is 32.0 Å². The van der Waals surface area contributed by atoms with Crippen molar-refractivity contribution in [3.63, 3.8) is 0 Å². The van der Waals surface area contributed by atoms with Crippen LogP contribution in [0, 0.1) is 23.2 Å². The van der Waals surface area contributed by atoms with Gasteiger partial charge in [-0.05, 0) is 37.2 Å². The topological polar surface area (TPSA) is 61.6 Å². The number of nitrogens with one attached hydrogen (secondary N) is 1. The van der Waals surface area contributed by atoms with Crippen LogP contribution in [0.4, 0.5) is 5.69 Å². The Morgan fingerprint density at radius 3 is 2.76 bits per heavy atom. The zero-order chi connectivity index (χ0) is 14.8. The number of aromatic nitrogens is 2. The highest BCUT2D eigenvalue weighted by Gasteiger charge is 2.26. The molecule has 4 nitrogen and oxygen atoms in total. The lowest BCUT2D eigenvalue weighted by molar-refractivity contribution is 0.276. The lowest BCUT2D eigenvalue weighted by atomic mass is 9.79. The molecular weight excluding hydrogens is 260 g/mol. The molecule has 3 unspecified atom stereocenters. The fraction of sp³-hybridized carbons (Fsp3) is 0.471. The van der Waals surface area contributed by atoms with E-state index in [0.717, 1.165) is 28.9 Å². The van der Waals surface area contributed by atoms with Crippen molar-refractivity contribution in [2.45, 2.75) is 39.2 Å². The van der Waals surface area contributed by atoms with E-state index in [4.69, 9.17) is 0 Å². The first kappa shape index (κ1) is 13.8. The summed E-state index contributed by atoms with van der Waals surface area (Å²) in [7, 11) is 0. The molecular formula is C17H20N4. The number of anilines is 1. The molecule has 21 heavy (non-hydrogen) atoms. The minimum absolute atomic E-state index is 0.388. The zero-order valence-electron chi connectivity index (χ0n) is 12.5. The van der Waals surface area contributed by atoms with Gasteiger partial charge in [-0.15, -0.1) is 10.2 Å². The zero-order valence-corrected chi connectivity index (χ0v) is 12.5. The van der Waals surface area contributed by atoms with Gasteiger partial charge in [-0.2, -0.15) is 5.26 Å². The van der Waals surface area contributed by atoms with Crippen molar-refractivity contribution in [3.8, 4) is 6.07 Å². The first-order valence-corrected chi connectivity index (χ1v) is 7.61. The third-order valence-corrected chi connectivity index (χ3v) is 4.54. The molecule has 1 fully saturated rings. The Morgan fingerprint density at radius 2 is 2.00 bits per heavy atom. The van der Waals surface area contributed by atoms with Gasteiger partial charge in [0.25, 0.3) is 0 Å². The van der Waals surface area contributed by atoms with Crippen molar-refractivity contribution < 1.29 is 0 Å². The molecule has 1 aliphatic rings. The van der Waals surface area contributed by atoms with Crippen LogP contribution in [-0.4, -0.2) is 16.2 Å². The SMILES string of the molecule is CC1CCC(Nc2c(C#N)nnc3ccccc23)C(C)C1. The molecule has 108 valence electrons. The second kappa shape index (κ2) is 5.69. The lowest BCUT2D eigenvalue weighted by Gasteiger charge is -2.34.